The fourth-order valence-corrected chi connectivity index (χ4v) is 2.67. The van der Waals surface area contributed by atoms with Gasteiger partial charge in [-0.25, -0.2) is 9.97 Å². The molecule has 142 valence electrons. The fraction of sp³-hybridized carbons (Fsp3) is 0.100. The van der Waals surface area contributed by atoms with E-state index in [1.54, 1.807) is 43.3 Å². The summed E-state index contributed by atoms with van der Waals surface area (Å²) in [4.78, 5) is 32.1. The molecule has 3 rings (SSSR count). The summed E-state index contributed by atoms with van der Waals surface area (Å²) in [6, 6.07) is 15.6. The second-order valence-electron chi connectivity index (χ2n) is 6.00. The molecule has 0 radical (unpaired) electrons. The van der Waals surface area contributed by atoms with E-state index in [1.807, 2.05) is 18.2 Å². The number of rotatable bonds is 5. The van der Waals surface area contributed by atoms with Crippen LogP contribution in [0.5, 0.6) is 0 Å². The van der Waals surface area contributed by atoms with Gasteiger partial charge in [-0.3, -0.25) is 9.59 Å². The summed E-state index contributed by atoms with van der Waals surface area (Å²) in [6.45, 7) is 3.14. The van der Waals surface area contributed by atoms with Gasteiger partial charge in [-0.1, -0.05) is 23.7 Å². The summed E-state index contributed by atoms with van der Waals surface area (Å²) in [6.07, 6.45) is 0. The van der Waals surface area contributed by atoms with Crippen molar-refractivity contribution in [2.24, 2.45) is 0 Å². The monoisotopic (exact) mass is 395 g/mol. The highest BCUT2D eigenvalue weighted by Crippen LogP contribution is 2.24. The van der Waals surface area contributed by atoms with Crippen molar-refractivity contribution < 1.29 is 9.59 Å². The highest BCUT2D eigenvalue weighted by molar-refractivity contribution is 6.33. The number of aromatic nitrogens is 2. The molecule has 0 spiro atoms. The van der Waals surface area contributed by atoms with Crippen LogP contribution in [0.25, 0.3) is 0 Å². The number of carbonyl (C=O) groups is 2. The van der Waals surface area contributed by atoms with Gasteiger partial charge < -0.3 is 16.0 Å². The Kier molecular flexibility index (Phi) is 5.86. The van der Waals surface area contributed by atoms with Crippen molar-refractivity contribution in [2.75, 3.05) is 16.0 Å². The minimum absolute atomic E-state index is 0.160. The first-order valence-corrected chi connectivity index (χ1v) is 8.85. The van der Waals surface area contributed by atoms with Gasteiger partial charge in [0.1, 0.15) is 17.3 Å². The number of nitrogens with one attached hydrogen (secondary N) is 3. The lowest BCUT2D eigenvalue weighted by molar-refractivity contribution is -0.114. The molecule has 7 nitrogen and oxygen atoms in total. The number of aryl methyl sites for hydroxylation is 1. The Morgan fingerprint density at radius 1 is 0.929 bits per heavy atom. The molecule has 0 unspecified atom stereocenters. The molecule has 0 aliphatic carbocycles. The maximum absolute atomic E-state index is 12.6. The lowest BCUT2D eigenvalue weighted by atomic mass is 10.2. The number of nitrogens with zero attached hydrogens (tertiary/aromatic N) is 2. The van der Waals surface area contributed by atoms with Gasteiger partial charge in [0.2, 0.25) is 5.91 Å². The fourth-order valence-electron chi connectivity index (χ4n) is 2.48. The second kappa shape index (κ2) is 8.49. The third kappa shape index (κ3) is 5.05. The van der Waals surface area contributed by atoms with Crippen molar-refractivity contribution in [3.8, 4) is 0 Å². The lowest BCUT2D eigenvalue weighted by Crippen LogP contribution is -2.15. The third-order valence-electron chi connectivity index (χ3n) is 3.67. The standard InChI is InChI=1S/C20H18ClN5O2/c1-12-22-18(11-19(23-12)26-17-6-4-3-5-16(17)21)20(28)25-15-9-7-14(8-10-15)24-13(2)27/h3-11H,1-2H3,(H,24,27)(H,25,28)(H,22,23,26). The SMILES string of the molecule is CC(=O)Nc1ccc(NC(=O)c2cc(Nc3ccccc3Cl)nc(C)n2)cc1. The van der Waals surface area contributed by atoms with Crippen molar-refractivity contribution in [3.05, 3.63) is 71.1 Å². The lowest BCUT2D eigenvalue weighted by Gasteiger charge is -2.10. The van der Waals surface area contributed by atoms with Gasteiger partial charge in [-0.15, -0.1) is 0 Å². The predicted molar refractivity (Wildman–Crippen MR) is 110 cm³/mol. The van der Waals surface area contributed by atoms with Gasteiger partial charge >= 0.3 is 0 Å². The summed E-state index contributed by atoms with van der Waals surface area (Å²) in [7, 11) is 0. The summed E-state index contributed by atoms with van der Waals surface area (Å²) in [5.41, 5.74) is 2.13. The average molecular weight is 396 g/mol. The highest BCUT2D eigenvalue weighted by atomic mass is 35.5. The van der Waals surface area contributed by atoms with E-state index in [9.17, 15) is 9.59 Å². The van der Waals surface area contributed by atoms with Gasteiger partial charge in [-0.2, -0.15) is 0 Å². The van der Waals surface area contributed by atoms with Crippen molar-refractivity contribution in [3.63, 3.8) is 0 Å². The normalized spacial score (nSPS) is 10.2. The highest BCUT2D eigenvalue weighted by Gasteiger charge is 2.12. The van der Waals surface area contributed by atoms with E-state index in [-0.39, 0.29) is 17.5 Å². The van der Waals surface area contributed by atoms with Crippen LogP contribution in [0.4, 0.5) is 22.9 Å². The molecule has 0 aliphatic rings. The van der Waals surface area contributed by atoms with E-state index >= 15 is 0 Å². The van der Waals surface area contributed by atoms with Gasteiger partial charge in [-0.05, 0) is 43.3 Å². The van der Waals surface area contributed by atoms with Crippen molar-refractivity contribution in [2.45, 2.75) is 13.8 Å². The Morgan fingerprint density at radius 2 is 1.57 bits per heavy atom. The molecular formula is C20H18ClN5O2. The minimum atomic E-state index is -0.375. The number of amides is 2. The molecule has 2 amide bonds. The Morgan fingerprint density at radius 3 is 2.21 bits per heavy atom. The largest absolute Gasteiger partial charge is 0.339 e. The van der Waals surface area contributed by atoms with E-state index in [1.165, 1.54) is 6.92 Å². The van der Waals surface area contributed by atoms with Crippen LogP contribution in [-0.4, -0.2) is 21.8 Å². The number of halogens is 1. The first-order chi connectivity index (χ1) is 13.4. The summed E-state index contributed by atoms with van der Waals surface area (Å²) < 4.78 is 0. The van der Waals surface area contributed by atoms with E-state index in [2.05, 4.69) is 25.9 Å². The molecule has 0 bridgehead atoms. The van der Waals surface area contributed by atoms with E-state index in [4.69, 9.17) is 11.6 Å². The van der Waals surface area contributed by atoms with E-state index < -0.39 is 0 Å². The molecule has 1 heterocycles. The van der Waals surface area contributed by atoms with Gasteiger partial charge in [0.25, 0.3) is 5.91 Å². The van der Waals surface area contributed by atoms with Crippen LogP contribution in [-0.2, 0) is 4.79 Å². The van der Waals surface area contributed by atoms with Gasteiger partial charge in [0, 0.05) is 24.4 Å². The predicted octanol–water partition coefficient (Wildman–Crippen LogP) is 4.39. The van der Waals surface area contributed by atoms with Crippen molar-refractivity contribution in [1.29, 1.82) is 0 Å². The molecule has 0 aliphatic heterocycles. The Balaban J connectivity index is 1.75. The number of carbonyl (C=O) groups excluding carboxylic acids is 2. The van der Waals surface area contributed by atoms with Crippen LogP contribution in [0, 0.1) is 6.92 Å². The number of benzene rings is 2. The minimum Gasteiger partial charge on any atom is -0.339 e. The molecule has 28 heavy (non-hydrogen) atoms. The molecule has 8 heteroatoms. The molecule has 3 aromatic rings. The van der Waals surface area contributed by atoms with Gasteiger partial charge in [0.15, 0.2) is 0 Å². The molecule has 3 N–H and O–H groups in total. The van der Waals surface area contributed by atoms with Crippen molar-refractivity contribution in [1.82, 2.24) is 9.97 Å². The van der Waals surface area contributed by atoms with E-state index in [0.29, 0.717) is 33.7 Å². The van der Waals surface area contributed by atoms with Crippen LogP contribution in [0.1, 0.15) is 23.2 Å². The Hall–Kier alpha value is -3.45. The molecule has 0 atom stereocenters. The topological polar surface area (TPSA) is 96.0 Å². The zero-order valence-electron chi connectivity index (χ0n) is 15.3. The molecule has 2 aromatic carbocycles. The van der Waals surface area contributed by atoms with Crippen LogP contribution in [0.3, 0.4) is 0 Å². The maximum Gasteiger partial charge on any atom is 0.274 e. The average Bonchev–Trinajstić information content (AvgIpc) is 2.64. The molecule has 1 aromatic heterocycles. The molecule has 0 saturated heterocycles. The van der Waals surface area contributed by atoms with E-state index in [0.717, 1.165) is 0 Å². The van der Waals surface area contributed by atoms with Crippen LogP contribution in [0.2, 0.25) is 5.02 Å². The van der Waals surface area contributed by atoms with Crippen LogP contribution < -0.4 is 16.0 Å². The number of hydrogen-bond acceptors (Lipinski definition) is 5. The van der Waals surface area contributed by atoms with Crippen LogP contribution >= 0.6 is 11.6 Å². The van der Waals surface area contributed by atoms with Crippen LogP contribution in [0.15, 0.2) is 54.6 Å². The van der Waals surface area contributed by atoms with Gasteiger partial charge in [0.05, 0.1) is 10.7 Å². The Bertz CT molecular complexity index is 1020. The first kappa shape index (κ1) is 19.3. The second-order valence-corrected chi connectivity index (χ2v) is 6.41. The Labute approximate surface area is 167 Å². The third-order valence-corrected chi connectivity index (χ3v) is 4.00. The first-order valence-electron chi connectivity index (χ1n) is 8.47. The zero-order chi connectivity index (χ0) is 20.1. The number of para-hydroxylation sites is 1. The quantitative estimate of drug-likeness (QED) is 0.595. The molecular weight excluding hydrogens is 378 g/mol. The molecule has 0 fully saturated rings. The maximum atomic E-state index is 12.6. The summed E-state index contributed by atoms with van der Waals surface area (Å²) >= 11 is 6.16. The molecule has 0 saturated carbocycles. The number of anilines is 4. The smallest absolute Gasteiger partial charge is 0.274 e. The number of hydrogen-bond donors (Lipinski definition) is 3. The van der Waals surface area contributed by atoms with Crippen molar-refractivity contribution >= 4 is 46.3 Å². The zero-order valence-corrected chi connectivity index (χ0v) is 16.0. The summed E-state index contributed by atoms with van der Waals surface area (Å²) in [5.74, 6) is 0.377. The summed E-state index contributed by atoms with van der Waals surface area (Å²) in [5, 5.41) is 9.08.